The zero-order valence-corrected chi connectivity index (χ0v) is 19.1. The SMILES string of the molecule is C[C@]1(c2ccc(F)cc2)[C@@H](O[C@@H](CO)c2cc(C(F)(F)F)cc(C(F)(F)F)c2)OCCN1c1ncn[nH]1. The molecule has 14 heteroatoms. The zero-order valence-electron chi connectivity index (χ0n) is 19.1. The van der Waals surface area contributed by atoms with Gasteiger partial charge in [-0.2, -0.15) is 36.4 Å². The highest BCUT2D eigenvalue weighted by Gasteiger charge is 2.48. The average molecular weight is 534 g/mol. The van der Waals surface area contributed by atoms with Crippen molar-refractivity contribution in [3.8, 4) is 0 Å². The highest BCUT2D eigenvalue weighted by Crippen LogP contribution is 2.42. The fourth-order valence-electron chi connectivity index (χ4n) is 4.22. The fraction of sp³-hybridized carbons (Fsp3) is 0.391. The van der Waals surface area contributed by atoms with Crippen LogP contribution in [0.15, 0.2) is 48.8 Å². The molecule has 0 amide bonds. The van der Waals surface area contributed by atoms with E-state index in [-0.39, 0.29) is 25.2 Å². The Balaban J connectivity index is 1.77. The highest BCUT2D eigenvalue weighted by atomic mass is 19.4. The molecule has 0 unspecified atom stereocenters. The number of nitrogens with zero attached hydrogens (tertiary/aromatic N) is 3. The summed E-state index contributed by atoms with van der Waals surface area (Å²) in [6, 6.07) is 6.19. The summed E-state index contributed by atoms with van der Waals surface area (Å²) in [7, 11) is 0. The number of alkyl halides is 6. The molecule has 3 atom stereocenters. The number of nitrogens with one attached hydrogen (secondary N) is 1. The lowest BCUT2D eigenvalue weighted by atomic mass is 9.87. The van der Waals surface area contributed by atoms with Gasteiger partial charge in [-0.3, -0.25) is 0 Å². The van der Waals surface area contributed by atoms with E-state index in [9.17, 15) is 35.8 Å². The van der Waals surface area contributed by atoms with Crippen LogP contribution in [0.2, 0.25) is 0 Å². The molecule has 0 aliphatic carbocycles. The maximum Gasteiger partial charge on any atom is 0.416 e. The quantitative estimate of drug-likeness (QED) is 0.442. The van der Waals surface area contributed by atoms with Crippen LogP contribution in [-0.2, 0) is 27.4 Å². The number of hydrogen-bond donors (Lipinski definition) is 2. The van der Waals surface area contributed by atoms with Gasteiger partial charge in [-0.15, -0.1) is 0 Å². The number of aliphatic hydroxyl groups is 1. The number of hydrogen-bond acceptors (Lipinski definition) is 6. The molecule has 3 aromatic rings. The van der Waals surface area contributed by atoms with Crippen LogP contribution < -0.4 is 4.90 Å². The van der Waals surface area contributed by atoms with Crippen molar-refractivity contribution in [1.29, 1.82) is 0 Å². The van der Waals surface area contributed by atoms with E-state index in [4.69, 9.17) is 9.47 Å². The van der Waals surface area contributed by atoms with E-state index in [0.717, 1.165) is 0 Å². The number of ether oxygens (including phenoxy) is 2. The van der Waals surface area contributed by atoms with Crippen LogP contribution in [0.1, 0.15) is 35.3 Å². The normalized spacial score (nSPS) is 21.8. The van der Waals surface area contributed by atoms with Crippen molar-refractivity contribution in [2.24, 2.45) is 0 Å². The minimum absolute atomic E-state index is 0.0106. The molecular weight excluding hydrogens is 513 g/mol. The third-order valence-corrected chi connectivity index (χ3v) is 6.13. The minimum Gasteiger partial charge on any atom is -0.393 e. The van der Waals surface area contributed by atoms with Crippen LogP contribution in [0, 0.1) is 5.82 Å². The van der Waals surface area contributed by atoms with Crippen LogP contribution in [-0.4, -0.2) is 46.3 Å². The molecule has 37 heavy (non-hydrogen) atoms. The molecule has 200 valence electrons. The first-order valence-electron chi connectivity index (χ1n) is 10.9. The van der Waals surface area contributed by atoms with Crippen molar-refractivity contribution >= 4 is 5.95 Å². The second kappa shape index (κ2) is 9.91. The van der Waals surface area contributed by atoms with Gasteiger partial charge < -0.3 is 19.5 Å². The summed E-state index contributed by atoms with van der Waals surface area (Å²) in [6.45, 7) is 0.916. The van der Waals surface area contributed by atoms with Crippen LogP contribution in [0.25, 0.3) is 0 Å². The molecule has 1 saturated heterocycles. The Morgan fingerprint density at radius 2 is 1.73 bits per heavy atom. The van der Waals surface area contributed by atoms with Crippen LogP contribution >= 0.6 is 0 Å². The first-order valence-corrected chi connectivity index (χ1v) is 10.9. The third kappa shape index (κ3) is 5.40. The molecule has 0 radical (unpaired) electrons. The summed E-state index contributed by atoms with van der Waals surface area (Å²) in [4.78, 5) is 5.79. The Morgan fingerprint density at radius 1 is 1.11 bits per heavy atom. The van der Waals surface area contributed by atoms with Gasteiger partial charge in [0.1, 0.15) is 23.8 Å². The topological polar surface area (TPSA) is 83.5 Å². The van der Waals surface area contributed by atoms with Crippen molar-refractivity contribution in [3.63, 3.8) is 0 Å². The lowest BCUT2D eigenvalue weighted by Gasteiger charge is -2.49. The van der Waals surface area contributed by atoms with Gasteiger partial charge in [0.25, 0.3) is 0 Å². The van der Waals surface area contributed by atoms with E-state index >= 15 is 0 Å². The molecule has 4 rings (SSSR count). The van der Waals surface area contributed by atoms with Crippen LogP contribution in [0.4, 0.5) is 36.7 Å². The Morgan fingerprint density at radius 3 is 2.24 bits per heavy atom. The number of benzene rings is 2. The maximum absolute atomic E-state index is 13.7. The summed E-state index contributed by atoms with van der Waals surface area (Å²) < 4.78 is 106. The van der Waals surface area contributed by atoms with Gasteiger partial charge in [0.15, 0.2) is 6.29 Å². The Hall–Kier alpha value is -3.23. The summed E-state index contributed by atoms with van der Waals surface area (Å²) in [6.07, 6.45) is -11.9. The van der Waals surface area contributed by atoms with Gasteiger partial charge >= 0.3 is 12.4 Å². The molecular formula is C23H21F7N4O3. The molecule has 1 aromatic heterocycles. The van der Waals surface area contributed by atoms with Gasteiger partial charge in [-0.1, -0.05) is 12.1 Å². The first kappa shape index (κ1) is 26.8. The number of aromatic amines is 1. The largest absolute Gasteiger partial charge is 0.416 e. The van der Waals surface area contributed by atoms with Crippen molar-refractivity contribution in [3.05, 3.63) is 76.9 Å². The summed E-state index contributed by atoms with van der Waals surface area (Å²) in [5.74, 6) is -0.271. The number of H-pyrrole nitrogens is 1. The van der Waals surface area contributed by atoms with E-state index < -0.39 is 59.4 Å². The zero-order chi connectivity index (χ0) is 27.0. The minimum atomic E-state index is -5.08. The van der Waals surface area contributed by atoms with E-state index in [1.54, 1.807) is 11.8 Å². The molecule has 1 aliphatic heterocycles. The Bertz CT molecular complexity index is 1170. The number of halogens is 7. The molecule has 0 saturated carbocycles. The van der Waals surface area contributed by atoms with Crippen LogP contribution in [0.5, 0.6) is 0 Å². The summed E-state index contributed by atoms with van der Waals surface area (Å²) in [5.41, 5.74) is -4.53. The number of aromatic nitrogens is 3. The van der Waals surface area contributed by atoms with Crippen molar-refractivity contribution in [1.82, 2.24) is 15.2 Å². The van der Waals surface area contributed by atoms with Gasteiger partial charge in [-0.05, 0) is 48.4 Å². The average Bonchev–Trinajstić information content (AvgIpc) is 3.37. The number of anilines is 1. The molecule has 2 heterocycles. The second-order valence-corrected chi connectivity index (χ2v) is 8.46. The smallest absolute Gasteiger partial charge is 0.393 e. The molecule has 0 bridgehead atoms. The maximum atomic E-state index is 13.7. The number of aliphatic hydroxyl groups excluding tert-OH is 1. The van der Waals surface area contributed by atoms with Crippen molar-refractivity contribution < 1.29 is 45.3 Å². The lowest BCUT2D eigenvalue weighted by Crippen LogP contribution is -2.60. The first-order chi connectivity index (χ1) is 17.3. The van der Waals surface area contributed by atoms with Gasteiger partial charge in [0.05, 0.1) is 24.3 Å². The van der Waals surface area contributed by atoms with Gasteiger partial charge in [-0.25, -0.2) is 9.49 Å². The van der Waals surface area contributed by atoms with E-state index in [1.165, 1.54) is 30.6 Å². The predicted octanol–water partition coefficient (Wildman–Crippen LogP) is 4.81. The molecule has 2 aromatic carbocycles. The summed E-state index contributed by atoms with van der Waals surface area (Å²) >= 11 is 0. The number of morpholine rings is 1. The lowest BCUT2D eigenvalue weighted by molar-refractivity contribution is -0.225. The molecule has 1 aliphatic rings. The van der Waals surface area contributed by atoms with E-state index in [0.29, 0.717) is 17.7 Å². The van der Waals surface area contributed by atoms with Crippen molar-refractivity contribution in [2.75, 3.05) is 24.7 Å². The summed E-state index contributed by atoms with van der Waals surface area (Å²) in [5, 5.41) is 16.5. The molecule has 1 fully saturated rings. The monoisotopic (exact) mass is 534 g/mol. The van der Waals surface area contributed by atoms with Gasteiger partial charge in [0.2, 0.25) is 5.95 Å². The molecule has 0 spiro atoms. The predicted molar refractivity (Wildman–Crippen MR) is 115 cm³/mol. The second-order valence-electron chi connectivity index (χ2n) is 8.46. The van der Waals surface area contributed by atoms with E-state index in [2.05, 4.69) is 15.2 Å². The van der Waals surface area contributed by atoms with E-state index in [1.807, 2.05) is 0 Å². The van der Waals surface area contributed by atoms with Crippen molar-refractivity contribution in [2.45, 2.75) is 37.2 Å². The fourth-order valence-corrected chi connectivity index (χ4v) is 4.22. The van der Waals surface area contributed by atoms with Gasteiger partial charge in [0, 0.05) is 6.54 Å². The third-order valence-electron chi connectivity index (χ3n) is 6.13. The Kier molecular flexibility index (Phi) is 7.18. The molecule has 2 N–H and O–H groups in total. The highest BCUT2D eigenvalue weighted by molar-refractivity contribution is 5.42. The molecule has 7 nitrogen and oxygen atoms in total. The Labute approximate surface area is 205 Å². The van der Waals surface area contributed by atoms with Crippen LogP contribution in [0.3, 0.4) is 0 Å². The standard InChI is InChI=1S/C23H21F7N4O3/c1-21(14-2-4-17(24)5-3-14)19(36-7-6-34(21)20-31-12-32-33-20)37-18(11-35)13-8-15(22(25,26)27)10-16(9-13)23(28,29)30/h2-5,8-10,12,18-19,35H,6-7,11H2,1H3,(H,31,32,33)/t18-,19+,21-/m0/s1. The number of rotatable bonds is 6.